The zero-order chi connectivity index (χ0) is 10.4. The summed E-state index contributed by atoms with van der Waals surface area (Å²) in [4.78, 5) is 2.51. The molecule has 0 bridgehead atoms. The highest BCUT2D eigenvalue weighted by atomic mass is 15.1. The van der Waals surface area contributed by atoms with Gasteiger partial charge in [-0.2, -0.15) is 0 Å². The van der Waals surface area contributed by atoms with Crippen LogP contribution in [0.3, 0.4) is 0 Å². The summed E-state index contributed by atoms with van der Waals surface area (Å²) in [5.74, 6) is 0.997. The molecule has 0 saturated carbocycles. The Morgan fingerprint density at radius 1 is 1.14 bits per heavy atom. The van der Waals surface area contributed by atoms with Gasteiger partial charge in [0.2, 0.25) is 0 Å². The van der Waals surface area contributed by atoms with Crippen molar-refractivity contribution >= 4 is 0 Å². The van der Waals surface area contributed by atoms with Crippen LogP contribution in [-0.2, 0) is 0 Å². The molecule has 1 fully saturated rings. The number of rotatable bonds is 6. The van der Waals surface area contributed by atoms with Crippen molar-refractivity contribution in [1.82, 2.24) is 4.90 Å². The fourth-order valence-electron chi connectivity index (χ4n) is 2.57. The molecule has 0 aromatic rings. The molecule has 2 atom stereocenters. The van der Waals surface area contributed by atoms with Crippen LogP contribution in [0.5, 0.6) is 0 Å². The van der Waals surface area contributed by atoms with Gasteiger partial charge >= 0.3 is 0 Å². The summed E-state index contributed by atoms with van der Waals surface area (Å²) in [6.07, 6.45) is 10.1. The molecule has 1 nitrogen and oxygen atoms in total. The van der Waals surface area contributed by atoms with Gasteiger partial charge in [-0.1, -0.05) is 39.0 Å². The van der Waals surface area contributed by atoms with E-state index in [0.29, 0.717) is 0 Å². The molecular formula is C13H27N. The molecule has 1 heterocycles. The second kappa shape index (κ2) is 6.44. The third-order valence-corrected chi connectivity index (χ3v) is 3.69. The van der Waals surface area contributed by atoms with Gasteiger partial charge in [0.25, 0.3) is 0 Å². The van der Waals surface area contributed by atoms with Gasteiger partial charge in [0.15, 0.2) is 0 Å². The molecule has 0 spiro atoms. The Kier molecular flexibility index (Phi) is 5.54. The lowest BCUT2D eigenvalue weighted by molar-refractivity contribution is 0.323. The third-order valence-electron chi connectivity index (χ3n) is 3.69. The summed E-state index contributed by atoms with van der Waals surface area (Å²) < 4.78 is 0. The van der Waals surface area contributed by atoms with Crippen LogP contribution in [0.2, 0.25) is 0 Å². The largest absolute Gasteiger partial charge is 0.303 e. The molecule has 1 heteroatoms. The number of unbranched alkanes of at least 4 members (excludes halogenated alkanes) is 4. The summed E-state index contributed by atoms with van der Waals surface area (Å²) in [5, 5.41) is 0. The standard InChI is InChI=1S/C13H27N/c1-4-5-6-7-8-9-13-10-12(2)14(3)11-13/h12-13H,4-11H2,1-3H3. The number of hydrogen-bond donors (Lipinski definition) is 0. The Morgan fingerprint density at radius 3 is 2.43 bits per heavy atom. The molecule has 1 saturated heterocycles. The highest BCUT2D eigenvalue weighted by Crippen LogP contribution is 2.25. The first-order valence-corrected chi connectivity index (χ1v) is 6.44. The van der Waals surface area contributed by atoms with E-state index in [9.17, 15) is 0 Å². The molecule has 0 aromatic carbocycles. The van der Waals surface area contributed by atoms with Crippen LogP contribution in [0.15, 0.2) is 0 Å². The molecule has 1 aliphatic rings. The molecule has 0 radical (unpaired) electrons. The summed E-state index contributed by atoms with van der Waals surface area (Å²) in [6.45, 7) is 5.99. The van der Waals surface area contributed by atoms with E-state index in [-0.39, 0.29) is 0 Å². The summed E-state index contributed by atoms with van der Waals surface area (Å²) in [5.41, 5.74) is 0. The number of nitrogens with zero attached hydrogens (tertiary/aromatic N) is 1. The molecule has 84 valence electrons. The highest BCUT2D eigenvalue weighted by molar-refractivity contribution is 4.79. The third kappa shape index (κ3) is 4.00. The van der Waals surface area contributed by atoms with Crippen molar-refractivity contribution in [3.63, 3.8) is 0 Å². The molecular weight excluding hydrogens is 170 g/mol. The monoisotopic (exact) mass is 197 g/mol. The van der Waals surface area contributed by atoms with Crippen LogP contribution in [0, 0.1) is 5.92 Å². The predicted octanol–water partition coefficient (Wildman–Crippen LogP) is 3.69. The van der Waals surface area contributed by atoms with Gasteiger partial charge in [0.05, 0.1) is 0 Å². The van der Waals surface area contributed by atoms with Crippen molar-refractivity contribution in [1.29, 1.82) is 0 Å². The van der Waals surface area contributed by atoms with Crippen LogP contribution in [-0.4, -0.2) is 24.5 Å². The maximum atomic E-state index is 2.51. The number of likely N-dealkylation sites (tertiary alicyclic amines) is 1. The maximum Gasteiger partial charge on any atom is 0.00671 e. The molecule has 0 aromatic heterocycles. The van der Waals surface area contributed by atoms with Gasteiger partial charge < -0.3 is 4.90 Å². The first kappa shape index (κ1) is 12.0. The Labute approximate surface area is 89.9 Å². The number of hydrogen-bond acceptors (Lipinski definition) is 1. The van der Waals surface area contributed by atoms with E-state index < -0.39 is 0 Å². The van der Waals surface area contributed by atoms with E-state index in [1.807, 2.05) is 0 Å². The van der Waals surface area contributed by atoms with Crippen molar-refractivity contribution < 1.29 is 0 Å². The average Bonchev–Trinajstić information content (AvgIpc) is 2.46. The molecule has 0 N–H and O–H groups in total. The van der Waals surface area contributed by atoms with Gasteiger partial charge in [-0.3, -0.25) is 0 Å². The van der Waals surface area contributed by atoms with Gasteiger partial charge in [-0.05, 0) is 32.7 Å². The van der Waals surface area contributed by atoms with Gasteiger partial charge in [0.1, 0.15) is 0 Å². The molecule has 2 unspecified atom stereocenters. The minimum atomic E-state index is 0.829. The Morgan fingerprint density at radius 2 is 1.86 bits per heavy atom. The van der Waals surface area contributed by atoms with E-state index in [2.05, 4.69) is 25.8 Å². The van der Waals surface area contributed by atoms with E-state index in [0.717, 1.165) is 12.0 Å². The fourth-order valence-corrected chi connectivity index (χ4v) is 2.57. The van der Waals surface area contributed by atoms with Gasteiger partial charge in [-0.15, -0.1) is 0 Å². The van der Waals surface area contributed by atoms with Gasteiger partial charge in [-0.25, -0.2) is 0 Å². The zero-order valence-corrected chi connectivity index (χ0v) is 10.3. The van der Waals surface area contributed by atoms with Crippen molar-refractivity contribution in [2.75, 3.05) is 13.6 Å². The predicted molar refractivity (Wildman–Crippen MR) is 63.6 cm³/mol. The lowest BCUT2D eigenvalue weighted by Gasteiger charge is -2.12. The smallest absolute Gasteiger partial charge is 0.00671 e. The normalized spacial score (nSPS) is 28.5. The Hall–Kier alpha value is -0.0400. The van der Waals surface area contributed by atoms with Crippen LogP contribution in [0.4, 0.5) is 0 Å². The molecule has 0 aliphatic carbocycles. The molecule has 1 rings (SSSR count). The highest BCUT2D eigenvalue weighted by Gasteiger charge is 2.25. The van der Waals surface area contributed by atoms with E-state index in [4.69, 9.17) is 0 Å². The first-order valence-electron chi connectivity index (χ1n) is 6.44. The van der Waals surface area contributed by atoms with Crippen molar-refractivity contribution in [2.45, 2.75) is 64.8 Å². The van der Waals surface area contributed by atoms with E-state index >= 15 is 0 Å². The summed E-state index contributed by atoms with van der Waals surface area (Å²) >= 11 is 0. The van der Waals surface area contributed by atoms with Crippen LogP contribution < -0.4 is 0 Å². The lowest BCUT2D eigenvalue weighted by atomic mass is 9.98. The first-order chi connectivity index (χ1) is 6.74. The van der Waals surface area contributed by atoms with Crippen LogP contribution in [0.1, 0.15) is 58.8 Å². The second-order valence-corrected chi connectivity index (χ2v) is 5.09. The second-order valence-electron chi connectivity index (χ2n) is 5.09. The lowest BCUT2D eigenvalue weighted by Crippen LogP contribution is -2.21. The maximum absolute atomic E-state index is 2.51. The zero-order valence-electron chi connectivity index (χ0n) is 10.3. The van der Waals surface area contributed by atoms with Gasteiger partial charge in [0, 0.05) is 12.6 Å². The van der Waals surface area contributed by atoms with Crippen molar-refractivity contribution in [3.05, 3.63) is 0 Å². The molecule has 0 amide bonds. The van der Waals surface area contributed by atoms with E-state index in [1.54, 1.807) is 0 Å². The van der Waals surface area contributed by atoms with Crippen molar-refractivity contribution in [3.8, 4) is 0 Å². The minimum absolute atomic E-state index is 0.829. The SMILES string of the molecule is CCCCCCCC1CC(C)N(C)C1. The minimum Gasteiger partial charge on any atom is -0.303 e. The molecule has 1 aliphatic heterocycles. The average molecular weight is 197 g/mol. The molecule has 14 heavy (non-hydrogen) atoms. The Bertz CT molecular complexity index is 134. The van der Waals surface area contributed by atoms with E-state index in [1.165, 1.54) is 51.5 Å². The summed E-state index contributed by atoms with van der Waals surface area (Å²) in [7, 11) is 2.27. The summed E-state index contributed by atoms with van der Waals surface area (Å²) in [6, 6.07) is 0.829. The quantitative estimate of drug-likeness (QED) is 0.587. The topological polar surface area (TPSA) is 3.24 Å². The van der Waals surface area contributed by atoms with Crippen molar-refractivity contribution in [2.24, 2.45) is 5.92 Å². The van der Waals surface area contributed by atoms with Crippen LogP contribution in [0.25, 0.3) is 0 Å². The fraction of sp³-hybridized carbons (Fsp3) is 1.00. The van der Waals surface area contributed by atoms with Crippen LogP contribution >= 0.6 is 0 Å². The Balaban J connectivity index is 1.97.